The van der Waals surface area contributed by atoms with Gasteiger partial charge < -0.3 is 15.2 Å². The number of aryl methyl sites for hydroxylation is 1. The Morgan fingerprint density at radius 3 is 2.91 bits per heavy atom. The molecule has 0 aliphatic carbocycles. The van der Waals surface area contributed by atoms with Crippen LogP contribution in [0.2, 0.25) is 0 Å². The van der Waals surface area contributed by atoms with Gasteiger partial charge in [-0.3, -0.25) is 0 Å². The molecule has 0 saturated carbocycles. The number of aromatic nitrogens is 3. The van der Waals surface area contributed by atoms with E-state index < -0.39 is 0 Å². The van der Waals surface area contributed by atoms with E-state index in [-0.39, 0.29) is 0 Å². The molecule has 2 heterocycles. The van der Waals surface area contributed by atoms with Crippen LogP contribution < -0.4 is 10.6 Å². The molecule has 0 aliphatic rings. The number of nitrogens with zero attached hydrogens (tertiary/aromatic N) is 4. The van der Waals surface area contributed by atoms with Crippen molar-refractivity contribution in [3.8, 4) is 0 Å². The molecule has 0 bridgehead atoms. The third-order valence-electron chi connectivity index (χ3n) is 3.66. The molecule has 0 amide bonds. The normalized spacial score (nSPS) is 12.9. The van der Waals surface area contributed by atoms with Crippen molar-refractivity contribution in [2.75, 3.05) is 13.1 Å². The Balaban J connectivity index is 1.96. The highest BCUT2D eigenvalue weighted by Crippen LogP contribution is 2.16. The molecule has 1 atom stereocenters. The molecule has 0 aliphatic heterocycles. The second kappa shape index (κ2) is 8.47. The number of thiophene rings is 1. The van der Waals surface area contributed by atoms with Crippen LogP contribution >= 0.6 is 11.3 Å². The van der Waals surface area contributed by atoms with E-state index in [9.17, 15) is 0 Å². The molecule has 2 N–H and O–H groups in total. The summed E-state index contributed by atoms with van der Waals surface area (Å²) in [6.07, 6.45) is 1.81. The average molecular weight is 332 g/mol. The Labute approximate surface area is 141 Å². The molecular weight excluding hydrogens is 308 g/mol. The molecule has 0 spiro atoms. The third kappa shape index (κ3) is 4.92. The molecule has 0 aromatic carbocycles. The second-order valence-corrected chi connectivity index (χ2v) is 6.18. The first-order chi connectivity index (χ1) is 11.1. The minimum atomic E-state index is 0.425. The lowest BCUT2D eigenvalue weighted by Gasteiger charge is -2.15. The monoisotopic (exact) mass is 332 g/mol. The largest absolute Gasteiger partial charge is 0.356 e. The predicted octanol–water partition coefficient (Wildman–Crippen LogP) is 2.21. The van der Waals surface area contributed by atoms with Gasteiger partial charge in [0.25, 0.3) is 0 Å². The third-order valence-corrected chi connectivity index (χ3v) is 4.36. The maximum Gasteiger partial charge on any atom is 0.191 e. The van der Waals surface area contributed by atoms with E-state index >= 15 is 0 Å². The second-order valence-electron chi connectivity index (χ2n) is 5.40. The highest BCUT2D eigenvalue weighted by molar-refractivity contribution is 7.07. The van der Waals surface area contributed by atoms with Crippen LogP contribution in [0.4, 0.5) is 0 Å². The van der Waals surface area contributed by atoms with Crippen molar-refractivity contribution in [2.45, 2.75) is 26.3 Å². The maximum atomic E-state index is 4.58. The van der Waals surface area contributed by atoms with Crippen molar-refractivity contribution in [3.05, 3.63) is 46.7 Å². The summed E-state index contributed by atoms with van der Waals surface area (Å²) >= 11 is 1.72. The van der Waals surface area contributed by atoms with Crippen LogP contribution in [0.3, 0.4) is 0 Å². The highest BCUT2D eigenvalue weighted by Gasteiger charge is 2.08. The molecule has 2 rings (SSSR count). The molecule has 2 aromatic rings. The molecule has 23 heavy (non-hydrogen) atoms. The van der Waals surface area contributed by atoms with Gasteiger partial charge in [0.2, 0.25) is 0 Å². The van der Waals surface area contributed by atoms with Gasteiger partial charge in [-0.25, -0.2) is 4.99 Å². The van der Waals surface area contributed by atoms with E-state index in [4.69, 9.17) is 0 Å². The first-order valence-corrected chi connectivity index (χ1v) is 8.56. The summed E-state index contributed by atoms with van der Waals surface area (Å²) in [5, 5.41) is 19.1. The number of hydrogen-bond acceptors (Lipinski definition) is 4. The summed E-state index contributed by atoms with van der Waals surface area (Å²) in [4.78, 5) is 4.58. The van der Waals surface area contributed by atoms with Crippen LogP contribution in [0.25, 0.3) is 0 Å². The number of hydrogen-bond donors (Lipinski definition) is 2. The van der Waals surface area contributed by atoms with Gasteiger partial charge in [0.1, 0.15) is 12.4 Å². The van der Waals surface area contributed by atoms with E-state index in [0.717, 1.165) is 24.2 Å². The summed E-state index contributed by atoms with van der Waals surface area (Å²) in [5.74, 6) is 2.91. The van der Waals surface area contributed by atoms with Crippen molar-refractivity contribution < 1.29 is 0 Å². The number of nitrogens with one attached hydrogen (secondary N) is 2. The average Bonchev–Trinajstić information content (AvgIpc) is 3.19. The zero-order chi connectivity index (χ0) is 16.7. The van der Waals surface area contributed by atoms with Gasteiger partial charge >= 0.3 is 0 Å². The Morgan fingerprint density at radius 2 is 2.30 bits per heavy atom. The molecule has 0 fully saturated rings. The van der Waals surface area contributed by atoms with Gasteiger partial charge in [-0.1, -0.05) is 13.0 Å². The summed E-state index contributed by atoms with van der Waals surface area (Å²) in [6.45, 7) is 9.83. The lowest BCUT2D eigenvalue weighted by atomic mass is 10.1. The summed E-state index contributed by atoms with van der Waals surface area (Å²) in [7, 11) is 1.95. The lowest BCUT2D eigenvalue weighted by molar-refractivity contribution is 0.699. The molecule has 0 saturated heterocycles. The Bertz CT molecular complexity index is 644. The molecule has 124 valence electrons. The van der Waals surface area contributed by atoms with Crippen LogP contribution in [-0.2, 0) is 13.6 Å². The first kappa shape index (κ1) is 17.2. The van der Waals surface area contributed by atoms with Crippen molar-refractivity contribution in [2.24, 2.45) is 12.0 Å². The summed E-state index contributed by atoms with van der Waals surface area (Å²) in [5.41, 5.74) is 1.34. The van der Waals surface area contributed by atoms with Gasteiger partial charge in [-0.05, 0) is 35.2 Å². The molecule has 6 nitrogen and oxygen atoms in total. The van der Waals surface area contributed by atoms with Gasteiger partial charge in [0.15, 0.2) is 11.8 Å². The van der Waals surface area contributed by atoms with E-state index in [2.05, 4.69) is 56.2 Å². The molecule has 7 heteroatoms. The zero-order valence-electron chi connectivity index (χ0n) is 13.9. The molecule has 2 aromatic heterocycles. The molecular formula is C16H24N6S. The predicted molar refractivity (Wildman–Crippen MR) is 95.8 cm³/mol. The van der Waals surface area contributed by atoms with Crippen LogP contribution in [0, 0.1) is 6.92 Å². The van der Waals surface area contributed by atoms with E-state index in [1.165, 1.54) is 5.56 Å². The van der Waals surface area contributed by atoms with E-state index in [1.54, 1.807) is 11.3 Å². The van der Waals surface area contributed by atoms with Gasteiger partial charge in [0, 0.05) is 20.1 Å². The maximum absolute atomic E-state index is 4.58. The number of rotatable bonds is 7. The fourth-order valence-corrected chi connectivity index (χ4v) is 2.79. The summed E-state index contributed by atoms with van der Waals surface area (Å²) < 4.78 is 1.95. The Hall–Kier alpha value is -2.15. The van der Waals surface area contributed by atoms with Crippen molar-refractivity contribution >= 4 is 17.3 Å². The van der Waals surface area contributed by atoms with Crippen molar-refractivity contribution in [1.29, 1.82) is 0 Å². The van der Waals surface area contributed by atoms with E-state index in [0.29, 0.717) is 19.0 Å². The fraction of sp³-hybridized carbons (Fsp3) is 0.438. The topological polar surface area (TPSA) is 67.1 Å². The Morgan fingerprint density at radius 1 is 1.48 bits per heavy atom. The quantitative estimate of drug-likeness (QED) is 0.463. The number of guanidine groups is 1. The lowest BCUT2D eigenvalue weighted by Crippen LogP contribution is -2.39. The standard InChI is InChI=1S/C16H24N6S/c1-5-7-17-16(18-9-12(2)14-6-8-23-11-14)19-10-15-21-20-13(3)22(15)4/h5-6,8,11-12H,1,7,9-10H2,2-4H3,(H2,17,18,19). The minimum absolute atomic E-state index is 0.425. The van der Waals surface area contributed by atoms with Gasteiger partial charge in [-0.15, -0.1) is 16.8 Å². The zero-order valence-corrected chi connectivity index (χ0v) is 14.7. The van der Waals surface area contributed by atoms with Crippen molar-refractivity contribution in [1.82, 2.24) is 25.4 Å². The summed E-state index contributed by atoms with van der Waals surface area (Å²) in [6, 6.07) is 2.16. The van der Waals surface area contributed by atoms with Crippen molar-refractivity contribution in [3.63, 3.8) is 0 Å². The molecule has 1 unspecified atom stereocenters. The van der Waals surface area contributed by atoms with Crippen LogP contribution in [-0.4, -0.2) is 33.8 Å². The van der Waals surface area contributed by atoms with Crippen LogP contribution in [0.15, 0.2) is 34.5 Å². The minimum Gasteiger partial charge on any atom is -0.356 e. The SMILES string of the molecule is C=CCNC(=NCc1nnc(C)n1C)NCC(C)c1ccsc1. The molecule has 0 radical (unpaired) electrons. The first-order valence-electron chi connectivity index (χ1n) is 7.61. The van der Waals surface area contributed by atoms with Crippen LogP contribution in [0.1, 0.15) is 30.1 Å². The van der Waals surface area contributed by atoms with Gasteiger partial charge in [-0.2, -0.15) is 11.3 Å². The Kier molecular flexibility index (Phi) is 6.34. The van der Waals surface area contributed by atoms with E-state index in [1.807, 2.05) is 24.6 Å². The van der Waals surface area contributed by atoms with Crippen LogP contribution in [0.5, 0.6) is 0 Å². The fourth-order valence-electron chi connectivity index (χ4n) is 2.00. The highest BCUT2D eigenvalue weighted by atomic mass is 32.1. The number of aliphatic imine (C=N–C) groups is 1. The van der Waals surface area contributed by atoms with Gasteiger partial charge in [0.05, 0.1) is 0 Å². The smallest absolute Gasteiger partial charge is 0.191 e.